The van der Waals surface area contributed by atoms with Crippen LogP contribution in [0.1, 0.15) is 26.3 Å². The Morgan fingerprint density at radius 3 is 2.42 bits per heavy atom. The normalized spacial score (nSPS) is 33.6. The Kier molecular flexibility index (Phi) is 4.57. The average molecular weight is 308 g/mol. The van der Waals surface area contributed by atoms with Crippen LogP contribution in [0.25, 0.3) is 0 Å². The maximum Gasteiger partial charge on any atom is 0.236 e. The molecular weight excluding hydrogens is 289 g/mol. The molecule has 0 bridgehead atoms. The highest BCUT2D eigenvalue weighted by molar-refractivity contribution is 6.30. The fourth-order valence-corrected chi connectivity index (χ4v) is 2.46. The maximum absolute atomic E-state index is 10.6. The largest absolute Gasteiger partial charge is 0.370 e. The van der Waals surface area contributed by atoms with Crippen LogP contribution in [0.15, 0.2) is 24.3 Å². The molecule has 19 heavy (non-hydrogen) atoms. The summed E-state index contributed by atoms with van der Waals surface area (Å²) in [7, 11) is 0. The third-order valence-corrected chi connectivity index (χ3v) is 3.33. The van der Waals surface area contributed by atoms with Gasteiger partial charge in [0.15, 0.2) is 5.72 Å². The number of rotatable bonds is 1. The number of halogens is 2. The van der Waals surface area contributed by atoms with Gasteiger partial charge in [-0.3, -0.25) is 5.32 Å². The molecule has 108 valence electrons. The van der Waals surface area contributed by atoms with E-state index in [1.165, 1.54) is 6.92 Å². The smallest absolute Gasteiger partial charge is 0.236 e. The summed E-state index contributed by atoms with van der Waals surface area (Å²) in [6, 6.07) is 6.65. The Labute approximate surface area is 124 Å². The van der Waals surface area contributed by atoms with Gasteiger partial charge in [0, 0.05) is 16.1 Å². The molecule has 0 unspecified atom stereocenters. The summed E-state index contributed by atoms with van der Waals surface area (Å²) in [6.07, 6.45) is 0. The summed E-state index contributed by atoms with van der Waals surface area (Å²) in [5.74, 6) is -1.83. The molecule has 1 aromatic rings. The van der Waals surface area contributed by atoms with E-state index in [1.807, 2.05) is 13.8 Å². The monoisotopic (exact) mass is 307 g/mol. The Morgan fingerprint density at radius 2 is 1.89 bits per heavy atom. The fourth-order valence-electron chi connectivity index (χ4n) is 2.27. The number of ether oxygens (including phenoxy) is 1. The second-order valence-corrected chi connectivity index (χ2v) is 5.96. The van der Waals surface area contributed by atoms with Crippen LogP contribution >= 0.6 is 24.0 Å². The predicted molar refractivity (Wildman–Crippen MR) is 76.4 cm³/mol. The Bertz CT molecular complexity index is 465. The molecule has 1 heterocycles. The van der Waals surface area contributed by atoms with Crippen molar-refractivity contribution in [2.45, 2.75) is 37.8 Å². The van der Waals surface area contributed by atoms with E-state index < -0.39 is 17.1 Å². The van der Waals surface area contributed by atoms with Crippen molar-refractivity contribution in [2.75, 3.05) is 6.61 Å². The number of hydrogen-bond donors (Lipinski definition) is 3. The van der Waals surface area contributed by atoms with Gasteiger partial charge >= 0.3 is 0 Å². The predicted octanol–water partition coefficient (Wildman–Crippen LogP) is 2.01. The summed E-state index contributed by atoms with van der Waals surface area (Å²) in [6.45, 7) is 5.53. The lowest BCUT2D eigenvalue weighted by molar-refractivity contribution is -0.349. The molecule has 0 spiro atoms. The van der Waals surface area contributed by atoms with E-state index in [9.17, 15) is 10.2 Å². The molecule has 0 amide bonds. The van der Waals surface area contributed by atoms with Crippen molar-refractivity contribution in [3.8, 4) is 0 Å². The molecule has 0 saturated carbocycles. The lowest BCUT2D eigenvalue weighted by atomic mass is 9.89. The van der Waals surface area contributed by atoms with Gasteiger partial charge in [-0.2, -0.15) is 0 Å². The van der Waals surface area contributed by atoms with Gasteiger partial charge in [-0.15, -0.1) is 12.4 Å². The molecule has 4 nitrogen and oxygen atoms in total. The molecule has 1 fully saturated rings. The molecule has 1 saturated heterocycles. The van der Waals surface area contributed by atoms with E-state index in [0.29, 0.717) is 10.6 Å². The minimum atomic E-state index is -1.83. The Balaban J connectivity index is 0.00000180. The topological polar surface area (TPSA) is 61.7 Å². The summed E-state index contributed by atoms with van der Waals surface area (Å²) < 4.78 is 5.52. The molecule has 0 radical (unpaired) electrons. The van der Waals surface area contributed by atoms with E-state index in [2.05, 4.69) is 5.32 Å². The van der Waals surface area contributed by atoms with E-state index >= 15 is 0 Å². The highest BCUT2D eigenvalue weighted by Crippen LogP contribution is 2.38. The van der Waals surface area contributed by atoms with Gasteiger partial charge in [-0.25, -0.2) is 0 Å². The molecule has 3 N–H and O–H groups in total. The average Bonchev–Trinajstić information content (AvgIpc) is 2.23. The van der Waals surface area contributed by atoms with Crippen molar-refractivity contribution in [1.29, 1.82) is 0 Å². The van der Waals surface area contributed by atoms with Gasteiger partial charge in [0.25, 0.3) is 0 Å². The molecular formula is C13H19Cl2NO3. The zero-order valence-corrected chi connectivity index (χ0v) is 12.7. The van der Waals surface area contributed by atoms with Crippen LogP contribution in [0, 0.1) is 0 Å². The van der Waals surface area contributed by atoms with Gasteiger partial charge in [0.05, 0.1) is 6.61 Å². The highest BCUT2D eigenvalue weighted by Gasteiger charge is 2.55. The first-order chi connectivity index (χ1) is 8.16. The minimum absolute atomic E-state index is 0. The fraction of sp³-hybridized carbons (Fsp3) is 0.538. The molecule has 1 aromatic carbocycles. The quantitative estimate of drug-likeness (QED) is 0.743. The molecule has 2 atom stereocenters. The number of nitrogens with one attached hydrogen (secondary N) is 1. The lowest BCUT2D eigenvalue weighted by Gasteiger charge is -2.51. The molecule has 1 aliphatic rings. The van der Waals surface area contributed by atoms with Crippen LogP contribution < -0.4 is 5.32 Å². The summed E-state index contributed by atoms with van der Waals surface area (Å²) >= 11 is 5.91. The van der Waals surface area contributed by atoms with Gasteiger partial charge in [0.2, 0.25) is 5.79 Å². The standard InChI is InChI=1S/C13H18ClNO3.ClH/c1-11(2)8-18-13(17,12(3,16)15-11)9-5-4-6-10(14)7-9;/h4-7,15-17H,8H2,1-3H3;1H/t12-,13-;/m0./s1. The molecule has 0 aliphatic carbocycles. The number of hydrogen-bond acceptors (Lipinski definition) is 4. The van der Waals surface area contributed by atoms with Crippen molar-refractivity contribution in [2.24, 2.45) is 0 Å². The van der Waals surface area contributed by atoms with Crippen LogP contribution in [0.5, 0.6) is 0 Å². The Hall–Kier alpha value is -0.360. The SMILES string of the molecule is CC1(C)CO[C@@](O)(c2cccc(Cl)c2)[C@](C)(O)N1.Cl. The van der Waals surface area contributed by atoms with Gasteiger partial charge < -0.3 is 14.9 Å². The van der Waals surface area contributed by atoms with Crippen LogP contribution in [0.3, 0.4) is 0 Å². The summed E-state index contributed by atoms with van der Waals surface area (Å²) in [4.78, 5) is 0. The van der Waals surface area contributed by atoms with E-state index in [-0.39, 0.29) is 19.0 Å². The van der Waals surface area contributed by atoms with Gasteiger partial charge in [-0.1, -0.05) is 23.7 Å². The number of benzene rings is 1. The first-order valence-electron chi connectivity index (χ1n) is 5.80. The molecule has 1 aliphatic heterocycles. The lowest BCUT2D eigenvalue weighted by Crippen LogP contribution is -2.71. The van der Waals surface area contributed by atoms with Crippen molar-refractivity contribution >= 4 is 24.0 Å². The van der Waals surface area contributed by atoms with Crippen molar-refractivity contribution in [1.82, 2.24) is 5.32 Å². The molecule has 0 aromatic heterocycles. The third-order valence-electron chi connectivity index (χ3n) is 3.10. The third kappa shape index (κ3) is 3.05. The van der Waals surface area contributed by atoms with Crippen molar-refractivity contribution < 1.29 is 14.9 Å². The summed E-state index contributed by atoms with van der Waals surface area (Å²) in [5, 5.41) is 24.5. The molecule has 6 heteroatoms. The van der Waals surface area contributed by atoms with Crippen LogP contribution in [0.4, 0.5) is 0 Å². The van der Waals surface area contributed by atoms with Crippen LogP contribution in [-0.2, 0) is 10.5 Å². The number of aliphatic hydroxyl groups is 2. The van der Waals surface area contributed by atoms with E-state index in [0.717, 1.165) is 0 Å². The first kappa shape index (κ1) is 16.7. The second-order valence-electron chi connectivity index (χ2n) is 5.52. The van der Waals surface area contributed by atoms with Crippen LogP contribution in [-0.4, -0.2) is 28.1 Å². The van der Waals surface area contributed by atoms with Crippen LogP contribution in [0.2, 0.25) is 5.02 Å². The summed E-state index contributed by atoms with van der Waals surface area (Å²) in [5.41, 5.74) is -1.61. The minimum Gasteiger partial charge on any atom is -0.370 e. The zero-order valence-electron chi connectivity index (χ0n) is 11.1. The first-order valence-corrected chi connectivity index (χ1v) is 6.18. The van der Waals surface area contributed by atoms with Gasteiger partial charge in [0.1, 0.15) is 0 Å². The van der Waals surface area contributed by atoms with Crippen molar-refractivity contribution in [3.63, 3.8) is 0 Å². The maximum atomic E-state index is 10.6. The van der Waals surface area contributed by atoms with Crippen molar-refractivity contribution in [3.05, 3.63) is 34.9 Å². The van der Waals surface area contributed by atoms with Gasteiger partial charge in [-0.05, 0) is 32.9 Å². The molecule has 2 rings (SSSR count). The van der Waals surface area contributed by atoms with E-state index in [4.69, 9.17) is 16.3 Å². The second kappa shape index (κ2) is 5.20. The highest BCUT2D eigenvalue weighted by atomic mass is 35.5. The zero-order chi connectivity index (χ0) is 13.6. The van der Waals surface area contributed by atoms with E-state index in [1.54, 1.807) is 24.3 Å². The number of morpholine rings is 1. The Morgan fingerprint density at radius 1 is 1.26 bits per heavy atom.